The summed E-state index contributed by atoms with van der Waals surface area (Å²) < 4.78 is 0. The van der Waals surface area contributed by atoms with Crippen molar-refractivity contribution in [1.29, 1.82) is 0 Å². The van der Waals surface area contributed by atoms with E-state index in [1.54, 1.807) is 0 Å². The summed E-state index contributed by atoms with van der Waals surface area (Å²) in [7, 11) is 2.19. The molecule has 0 spiro atoms. The predicted molar refractivity (Wildman–Crippen MR) is 55.8 cm³/mol. The van der Waals surface area contributed by atoms with E-state index < -0.39 is 0 Å². The van der Waals surface area contributed by atoms with Crippen molar-refractivity contribution in [2.24, 2.45) is 17.3 Å². The molecule has 3 atom stereocenters. The molecule has 0 bridgehead atoms. The molecule has 3 unspecified atom stereocenters. The Hall–Kier alpha value is -0.455. The molecule has 0 N–H and O–H groups in total. The average molecular weight is 160 g/mol. The second kappa shape index (κ2) is 2.51. The monoisotopic (exact) mass is 160 g/mol. The van der Waals surface area contributed by atoms with Crippen LogP contribution in [0.4, 0.5) is 0 Å². The number of rotatable bonds is 1. The normalized spacial score (nSPS) is 45.7. The Morgan fingerprint density at radius 2 is 2.25 bits per heavy atom. The van der Waals surface area contributed by atoms with Gasteiger partial charge in [0.25, 0.3) is 0 Å². The highest BCUT2D eigenvalue weighted by atomic mass is 14.5. The molecule has 2 aliphatic rings. The van der Waals surface area contributed by atoms with E-state index in [0.29, 0.717) is 5.41 Å². The summed E-state index contributed by atoms with van der Waals surface area (Å²) in [6.45, 7) is 4.77. The van der Waals surface area contributed by atoms with Crippen LogP contribution in [0.3, 0.4) is 0 Å². The molecule has 64 valence electrons. The SMILES string of the molecule is BC1=CCC(C)(C2CC2C)C=C1. The molecule has 2 rings (SSSR count). The molecule has 12 heavy (non-hydrogen) atoms. The summed E-state index contributed by atoms with van der Waals surface area (Å²) in [5.41, 5.74) is 1.92. The van der Waals surface area contributed by atoms with Gasteiger partial charge in [0, 0.05) is 0 Å². The van der Waals surface area contributed by atoms with Gasteiger partial charge in [-0.1, -0.05) is 37.5 Å². The zero-order valence-corrected chi connectivity index (χ0v) is 8.30. The zero-order chi connectivity index (χ0) is 8.77. The van der Waals surface area contributed by atoms with Crippen molar-refractivity contribution in [3.05, 3.63) is 23.7 Å². The summed E-state index contributed by atoms with van der Waals surface area (Å²) in [5, 5.41) is 0. The quantitative estimate of drug-likeness (QED) is 0.515. The molecule has 0 aromatic carbocycles. The average Bonchev–Trinajstić information content (AvgIpc) is 2.75. The highest BCUT2D eigenvalue weighted by molar-refractivity contribution is 6.23. The first kappa shape index (κ1) is 8.16. The summed E-state index contributed by atoms with van der Waals surface area (Å²) >= 11 is 0. The number of hydrogen-bond donors (Lipinski definition) is 0. The summed E-state index contributed by atoms with van der Waals surface area (Å²) in [5.74, 6) is 1.92. The van der Waals surface area contributed by atoms with Crippen LogP contribution in [0.25, 0.3) is 0 Å². The number of hydrogen-bond acceptors (Lipinski definition) is 0. The van der Waals surface area contributed by atoms with Crippen molar-refractivity contribution in [2.75, 3.05) is 0 Å². The van der Waals surface area contributed by atoms with Crippen molar-refractivity contribution >= 4 is 7.85 Å². The molecule has 0 saturated heterocycles. The lowest BCUT2D eigenvalue weighted by molar-refractivity contribution is 0.350. The van der Waals surface area contributed by atoms with Crippen LogP contribution in [-0.2, 0) is 0 Å². The van der Waals surface area contributed by atoms with Crippen LogP contribution in [0.15, 0.2) is 23.7 Å². The minimum Gasteiger partial charge on any atom is -0.0931 e. The molecule has 0 heterocycles. The fraction of sp³-hybridized carbons (Fsp3) is 0.636. The van der Waals surface area contributed by atoms with E-state index in [0.717, 1.165) is 11.8 Å². The maximum absolute atomic E-state index is 2.43. The van der Waals surface area contributed by atoms with Crippen LogP contribution in [0.1, 0.15) is 26.7 Å². The first-order chi connectivity index (χ1) is 5.62. The van der Waals surface area contributed by atoms with Crippen LogP contribution in [-0.4, -0.2) is 7.85 Å². The van der Waals surface area contributed by atoms with Gasteiger partial charge in [0.2, 0.25) is 0 Å². The molecule has 0 nitrogen and oxygen atoms in total. The molecule has 0 amide bonds. The molecular weight excluding hydrogens is 143 g/mol. The molecular formula is C11H17B. The highest BCUT2D eigenvalue weighted by Crippen LogP contribution is 2.54. The van der Waals surface area contributed by atoms with E-state index in [1.165, 1.54) is 18.3 Å². The lowest BCUT2D eigenvalue weighted by Crippen LogP contribution is -2.18. The van der Waals surface area contributed by atoms with Gasteiger partial charge < -0.3 is 0 Å². The third-order valence-corrected chi connectivity index (χ3v) is 3.55. The van der Waals surface area contributed by atoms with Crippen LogP contribution in [0.5, 0.6) is 0 Å². The Kier molecular flexibility index (Phi) is 1.71. The van der Waals surface area contributed by atoms with Gasteiger partial charge in [-0.15, -0.1) is 0 Å². The second-order valence-corrected chi connectivity index (χ2v) is 4.81. The van der Waals surface area contributed by atoms with E-state index in [-0.39, 0.29) is 0 Å². The van der Waals surface area contributed by atoms with Crippen molar-refractivity contribution in [3.8, 4) is 0 Å². The van der Waals surface area contributed by atoms with Gasteiger partial charge in [-0.25, -0.2) is 0 Å². The van der Waals surface area contributed by atoms with Crippen LogP contribution < -0.4 is 0 Å². The highest BCUT2D eigenvalue weighted by Gasteiger charge is 2.45. The lowest BCUT2D eigenvalue weighted by atomic mass is 9.74. The fourth-order valence-electron chi connectivity index (χ4n) is 2.35. The molecule has 1 fully saturated rings. The maximum atomic E-state index is 2.43. The van der Waals surface area contributed by atoms with Crippen LogP contribution >= 0.6 is 0 Å². The smallest absolute Gasteiger partial charge is 0.0931 e. The zero-order valence-electron chi connectivity index (χ0n) is 8.30. The molecule has 1 heteroatoms. The van der Waals surface area contributed by atoms with Crippen molar-refractivity contribution in [2.45, 2.75) is 26.7 Å². The van der Waals surface area contributed by atoms with E-state index >= 15 is 0 Å². The Balaban J connectivity index is 2.10. The third kappa shape index (κ3) is 1.26. The fourth-order valence-corrected chi connectivity index (χ4v) is 2.35. The largest absolute Gasteiger partial charge is 0.138 e. The summed E-state index contributed by atoms with van der Waals surface area (Å²) in [6.07, 6.45) is 9.79. The standard InChI is InChI=1S/C11H17B/c1-8-7-10(8)11(2)5-3-9(12)4-6-11/h3-5,8,10H,6-7,12H2,1-2H3. The van der Waals surface area contributed by atoms with Gasteiger partial charge in [0.15, 0.2) is 0 Å². The van der Waals surface area contributed by atoms with E-state index in [4.69, 9.17) is 0 Å². The molecule has 0 aromatic rings. The van der Waals surface area contributed by atoms with Gasteiger partial charge >= 0.3 is 0 Å². The first-order valence-electron chi connectivity index (χ1n) is 4.98. The van der Waals surface area contributed by atoms with E-state index in [1.807, 2.05) is 0 Å². The van der Waals surface area contributed by atoms with Gasteiger partial charge in [0.1, 0.15) is 7.85 Å². The molecule has 2 aliphatic carbocycles. The van der Waals surface area contributed by atoms with Crippen molar-refractivity contribution in [3.63, 3.8) is 0 Å². The molecule has 1 saturated carbocycles. The Morgan fingerprint density at radius 3 is 2.67 bits per heavy atom. The van der Waals surface area contributed by atoms with Crippen molar-refractivity contribution in [1.82, 2.24) is 0 Å². The molecule has 0 radical (unpaired) electrons. The van der Waals surface area contributed by atoms with Gasteiger partial charge in [0.05, 0.1) is 0 Å². The molecule has 0 aromatic heterocycles. The van der Waals surface area contributed by atoms with E-state index in [2.05, 4.69) is 39.9 Å². The van der Waals surface area contributed by atoms with Crippen LogP contribution in [0.2, 0.25) is 0 Å². The lowest BCUT2D eigenvalue weighted by Gasteiger charge is -2.28. The summed E-state index contributed by atoms with van der Waals surface area (Å²) in [4.78, 5) is 0. The van der Waals surface area contributed by atoms with Crippen LogP contribution in [0, 0.1) is 17.3 Å². The minimum absolute atomic E-state index is 0.485. The van der Waals surface area contributed by atoms with Gasteiger partial charge in [-0.05, 0) is 30.1 Å². The Bertz CT molecular complexity index is 252. The number of allylic oxidation sites excluding steroid dienone is 4. The second-order valence-electron chi connectivity index (χ2n) is 4.81. The topological polar surface area (TPSA) is 0 Å². The first-order valence-corrected chi connectivity index (χ1v) is 4.98. The van der Waals surface area contributed by atoms with E-state index in [9.17, 15) is 0 Å². The Morgan fingerprint density at radius 1 is 1.58 bits per heavy atom. The minimum atomic E-state index is 0.485. The Labute approximate surface area is 76.1 Å². The molecule has 0 aliphatic heterocycles. The van der Waals surface area contributed by atoms with Gasteiger partial charge in [-0.2, -0.15) is 0 Å². The summed E-state index contributed by atoms with van der Waals surface area (Å²) in [6, 6.07) is 0. The third-order valence-electron chi connectivity index (χ3n) is 3.55. The van der Waals surface area contributed by atoms with Gasteiger partial charge in [-0.3, -0.25) is 0 Å². The van der Waals surface area contributed by atoms with Crippen molar-refractivity contribution < 1.29 is 0 Å². The maximum Gasteiger partial charge on any atom is 0.138 e. The predicted octanol–water partition coefficient (Wildman–Crippen LogP) is 2.13.